The van der Waals surface area contributed by atoms with Crippen LogP contribution in [0.4, 0.5) is 14.6 Å². The van der Waals surface area contributed by atoms with Crippen molar-refractivity contribution in [1.82, 2.24) is 9.78 Å². The maximum Gasteiger partial charge on any atom is 0.256 e. The molecular weight excluding hydrogens is 392 g/mol. The number of halogens is 3. The van der Waals surface area contributed by atoms with Crippen LogP contribution in [-0.2, 0) is 7.05 Å². The minimum atomic E-state index is -1.07. The van der Waals surface area contributed by atoms with E-state index < -0.39 is 17.5 Å². The van der Waals surface area contributed by atoms with Crippen LogP contribution in [0.1, 0.15) is 16.1 Å². The predicted molar refractivity (Wildman–Crippen MR) is 95.4 cm³/mol. The average Bonchev–Trinajstić information content (AvgIpc) is 2.84. The molecule has 0 saturated carbocycles. The van der Waals surface area contributed by atoms with Gasteiger partial charge in [0.05, 0.1) is 5.69 Å². The Bertz CT molecular complexity index is 952. The fourth-order valence-electron chi connectivity index (χ4n) is 2.58. The first-order chi connectivity index (χ1) is 11.9. The minimum absolute atomic E-state index is 0.0273. The summed E-state index contributed by atoms with van der Waals surface area (Å²) in [5.41, 5.74) is 2.42. The molecule has 0 unspecified atom stereocenters. The highest BCUT2D eigenvalue weighted by molar-refractivity contribution is 9.10. The number of aryl methyl sites for hydroxylation is 2. The molecule has 1 heterocycles. The van der Waals surface area contributed by atoms with Crippen LogP contribution < -0.4 is 5.32 Å². The Balaban J connectivity index is 1.98. The summed E-state index contributed by atoms with van der Waals surface area (Å²) >= 11 is 3.39. The molecule has 1 N–H and O–H groups in total. The van der Waals surface area contributed by atoms with Crippen LogP contribution in [0.25, 0.3) is 11.1 Å². The van der Waals surface area contributed by atoms with E-state index in [1.807, 2.05) is 31.2 Å². The number of nitrogens with one attached hydrogen (secondary N) is 1. The molecule has 0 spiro atoms. The van der Waals surface area contributed by atoms with Crippen molar-refractivity contribution in [3.05, 3.63) is 69.8 Å². The van der Waals surface area contributed by atoms with Crippen molar-refractivity contribution in [1.29, 1.82) is 0 Å². The molecule has 1 amide bonds. The molecular formula is C18H14BrF2N3O. The lowest BCUT2D eigenvalue weighted by molar-refractivity contribution is 0.102. The van der Waals surface area contributed by atoms with E-state index in [-0.39, 0.29) is 5.56 Å². The molecule has 7 heteroatoms. The molecule has 0 atom stereocenters. The zero-order chi connectivity index (χ0) is 18.1. The molecule has 3 rings (SSSR count). The third-order valence-electron chi connectivity index (χ3n) is 3.77. The van der Waals surface area contributed by atoms with Gasteiger partial charge in [-0.25, -0.2) is 8.78 Å². The number of carbonyl (C=O) groups excluding carboxylic acids is 1. The fraction of sp³-hybridized carbons (Fsp3) is 0.111. The van der Waals surface area contributed by atoms with Gasteiger partial charge >= 0.3 is 0 Å². The van der Waals surface area contributed by atoms with Gasteiger partial charge in [0.2, 0.25) is 0 Å². The highest BCUT2D eigenvalue weighted by Crippen LogP contribution is 2.32. The highest BCUT2D eigenvalue weighted by atomic mass is 79.9. The van der Waals surface area contributed by atoms with E-state index in [9.17, 15) is 13.6 Å². The molecule has 128 valence electrons. The van der Waals surface area contributed by atoms with Gasteiger partial charge in [-0.2, -0.15) is 5.10 Å². The van der Waals surface area contributed by atoms with Gasteiger partial charge in [0.1, 0.15) is 5.82 Å². The van der Waals surface area contributed by atoms with Crippen molar-refractivity contribution >= 4 is 27.7 Å². The second kappa shape index (κ2) is 6.76. The van der Waals surface area contributed by atoms with E-state index >= 15 is 0 Å². The van der Waals surface area contributed by atoms with Crippen LogP contribution in [0.3, 0.4) is 0 Å². The monoisotopic (exact) mass is 405 g/mol. The van der Waals surface area contributed by atoms with Crippen LogP contribution in [0.15, 0.2) is 46.9 Å². The standard InChI is InChI=1S/C18H14BrF2N3O/c1-10-16(11-3-6-13(19)7-4-11)17(24(2)23-10)22-18(25)12-5-8-14(20)15(21)9-12/h3-9H,1-2H3,(H,22,25). The minimum Gasteiger partial charge on any atom is -0.306 e. The number of benzene rings is 2. The van der Waals surface area contributed by atoms with Crippen LogP contribution in [0, 0.1) is 18.6 Å². The topological polar surface area (TPSA) is 46.9 Å². The third kappa shape index (κ3) is 3.46. The van der Waals surface area contributed by atoms with E-state index in [2.05, 4.69) is 26.3 Å². The number of aromatic nitrogens is 2. The molecule has 0 aliphatic heterocycles. The summed E-state index contributed by atoms with van der Waals surface area (Å²) in [6.45, 7) is 1.84. The number of amides is 1. The van der Waals surface area contributed by atoms with E-state index in [0.29, 0.717) is 5.82 Å². The molecule has 0 saturated heterocycles. The summed E-state index contributed by atoms with van der Waals surface area (Å²) in [7, 11) is 1.70. The van der Waals surface area contributed by atoms with Gasteiger partial charge in [-0.3, -0.25) is 9.48 Å². The highest BCUT2D eigenvalue weighted by Gasteiger charge is 2.18. The Hall–Kier alpha value is -2.54. The van der Waals surface area contributed by atoms with Gasteiger partial charge in [0.15, 0.2) is 11.6 Å². The van der Waals surface area contributed by atoms with Gasteiger partial charge in [0, 0.05) is 22.6 Å². The first-order valence-corrected chi connectivity index (χ1v) is 8.22. The van der Waals surface area contributed by atoms with Crippen molar-refractivity contribution in [2.75, 3.05) is 5.32 Å². The number of hydrogen-bond donors (Lipinski definition) is 1. The Morgan fingerprint density at radius 2 is 1.80 bits per heavy atom. The molecule has 2 aromatic carbocycles. The summed E-state index contributed by atoms with van der Waals surface area (Å²) in [5, 5.41) is 7.08. The zero-order valence-electron chi connectivity index (χ0n) is 13.5. The second-order valence-electron chi connectivity index (χ2n) is 5.52. The first-order valence-electron chi connectivity index (χ1n) is 7.42. The molecule has 25 heavy (non-hydrogen) atoms. The summed E-state index contributed by atoms with van der Waals surface area (Å²) in [4.78, 5) is 12.4. The molecule has 4 nitrogen and oxygen atoms in total. The molecule has 1 aromatic heterocycles. The van der Waals surface area contributed by atoms with Crippen molar-refractivity contribution in [2.24, 2.45) is 7.05 Å². The Morgan fingerprint density at radius 1 is 1.12 bits per heavy atom. The lowest BCUT2D eigenvalue weighted by Gasteiger charge is -2.10. The molecule has 0 aliphatic rings. The van der Waals surface area contributed by atoms with Crippen LogP contribution in [0.2, 0.25) is 0 Å². The van der Waals surface area contributed by atoms with E-state index in [0.717, 1.165) is 33.4 Å². The smallest absolute Gasteiger partial charge is 0.256 e. The maximum absolute atomic E-state index is 13.4. The fourth-order valence-corrected chi connectivity index (χ4v) is 2.85. The number of hydrogen-bond acceptors (Lipinski definition) is 2. The van der Waals surface area contributed by atoms with Gasteiger partial charge < -0.3 is 5.32 Å². The largest absolute Gasteiger partial charge is 0.306 e. The van der Waals surface area contributed by atoms with E-state index in [1.165, 1.54) is 6.07 Å². The van der Waals surface area contributed by atoms with Crippen LogP contribution in [0.5, 0.6) is 0 Å². The van der Waals surface area contributed by atoms with Gasteiger partial charge in [-0.1, -0.05) is 28.1 Å². The predicted octanol–water partition coefficient (Wildman–Crippen LogP) is 4.69. The Kier molecular flexibility index (Phi) is 4.67. The van der Waals surface area contributed by atoms with Gasteiger partial charge in [-0.05, 0) is 42.8 Å². The summed E-state index contributed by atoms with van der Waals surface area (Å²) in [5.74, 6) is -2.12. The Labute approximate surface area is 151 Å². The summed E-state index contributed by atoms with van der Waals surface area (Å²) in [6, 6.07) is 10.6. The number of nitrogens with zero attached hydrogens (tertiary/aromatic N) is 2. The molecule has 0 radical (unpaired) electrons. The van der Waals surface area contributed by atoms with Crippen molar-refractivity contribution < 1.29 is 13.6 Å². The van der Waals surface area contributed by atoms with E-state index in [4.69, 9.17) is 0 Å². The van der Waals surface area contributed by atoms with Crippen LogP contribution in [-0.4, -0.2) is 15.7 Å². The van der Waals surface area contributed by atoms with Crippen molar-refractivity contribution in [3.8, 4) is 11.1 Å². The average molecular weight is 406 g/mol. The zero-order valence-corrected chi connectivity index (χ0v) is 15.1. The number of carbonyl (C=O) groups is 1. The lowest BCUT2D eigenvalue weighted by Crippen LogP contribution is -2.15. The number of rotatable bonds is 3. The molecule has 3 aromatic rings. The Morgan fingerprint density at radius 3 is 2.44 bits per heavy atom. The third-order valence-corrected chi connectivity index (χ3v) is 4.30. The van der Waals surface area contributed by atoms with E-state index in [1.54, 1.807) is 11.7 Å². The first kappa shape index (κ1) is 17.3. The number of anilines is 1. The lowest BCUT2D eigenvalue weighted by atomic mass is 10.1. The maximum atomic E-state index is 13.4. The van der Waals surface area contributed by atoms with Crippen LogP contribution >= 0.6 is 15.9 Å². The van der Waals surface area contributed by atoms with Crippen molar-refractivity contribution in [3.63, 3.8) is 0 Å². The summed E-state index contributed by atoms with van der Waals surface area (Å²) in [6.07, 6.45) is 0. The SMILES string of the molecule is Cc1nn(C)c(NC(=O)c2ccc(F)c(F)c2)c1-c1ccc(Br)cc1. The molecule has 0 fully saturated rings. The van der Waals surface area contributed by atoms with Gasteiger partial charge in [-0.15, -0.1) is 0 Å². The molecule has 0 aliphatic carbocycles. The summed E-state index contributed by atoms with van der Waals surface area (Å²) < 4.78 is 28.9. The quantitative estimate of drug-likeness (QED) is 0.686. The van der Waals surface area contributed by atoms with Crippen molar-refractivity contribution in [2.45, 2.75) is 6.92 Å². The molecule has 0 bridgehead atoms. The normalized spacial score (nSPS) is 10.8. The second-order valence-corrected chi connectivity index (χ2v) is 6.44. The van der Waals surface area contributed by atoms with Gasteiger partial charge in [0.25, 0.3) is 5.91 Å².